The van der Waals surface area contributed by atoms with Crippen LogP contribution in [0.15, 0.2) is 18.2 Å². The molecule has 0 atom stereocenters. The second-order valence-corrected chi connectivity index (χ2v) is 4.07. The molecule has 0 spiro atoms. The van der Waals surface area contributed by atoms with Crippen molar-refractivity contribution >= 4 is 0 Å². The number of hydrogen-bond donors (Lipinski definition) is 1. The molecule has 0 aliphatic heterocycles. The van der Waals surface area contributed by atoms with Gasteiger partial charge in [0, 0.05) is 12.1 Å². The van der Waals surface area contributed by atoms with E-state index in [1.807, 2.05) is 26.0 Å². The van der Waals surface area contributed by atoms with Crippen molar-refractivity contribution in [3.63, 3.8) is 0 Å². The molecule has 0 saturated carbocycles. The van der Waals surface area contributed by atoms with Crippen LogP contribution in [0, 0.1) is 11.8 Å². The molecular formula is C16H23NO2. The fourth-order valence-corrected chi connectivity index (χ4v) is 1.71. The van der Waals surface area contributed by atoms with E-state index in [-0.39, 0.29) is 0 Å². The van der Waals surface area contributed by atoms with E-state index in [0.717, 1.165) is 36.6 Å². The van der Waals surface area contributed by atoms with Crippen LogP contribution in [0.4, 0.5) is 0 Å². The third kappa shape index (κ3) is 5.23. The molecule has 19 heavy (non-hydrogen) atoms. The normalized spacial score (nSPS) is 9.63. The Balaban J connectivity index is 2.84. The van der Waals surface area contributed by atoms with Gasteiger partial charge in [0.15, 0.2) is 11.5 Å². The van der Waals surface area contributed by atoms with Crippen molar-refractivity contribution in [3.8, 4) is 23.3 Å². The maximum Gasteiger partial charge on any atom is 0.167 e. The molecular weight excluding hydrogens is 238 g/mol. The number of nitrogens with one attached hydrogen (secondary N) is 1. The molecule has 0 fully saturated rings. The SMILES string of the molecule is CC#CCOc1c(CNCCC)cccc1OCC. The minimum Gasteiger partial charge on any atom is -0.490 e. The molecule has 1 aromatic carbocycles. The molecule has 0 saturated heterocycles. The standard InChI is InChI=1S/C16H23NO2/c1-4-7-12-19-16-14(13-17-11-5-2)9-8-10-15(16)18-6-3/h8-10,17H,5-6,11-13H2,1-3H3. The van der Waals surface area contributed by atoms with Gasteiger partial charge in [0.05, 0.1) is 6.61 Å². The lowest BCUT2D eigenvalue weighted by atomic mass is 10.2. The second-order valence-electron chi connectivity index (χ2n) is 4.07. The Kier molecular flexibility index (Phi) is 7.53. The predicted molar refractivity (Wildman–Crippen MR) is 78.6 cm³/mol. The van der Waals surface area contributed by atoms with Crippen molar-refractivity contribution < 1.29 is 9.47 Å². The first-order chi connectivity index (χ1) is 9.33. The van der Waals surface area contributed by atoms with Crippen molar-refractivity contribution in [2.24, 2.45) is 0 Å². The van der Waals surface area contributed by atoms with Crippen LogP contribution in [-0.4, -0.2) is 19.8 Å². The summed E-state index contributed by atoms with van der Waals surface area (Å²) in [5, 5.41) is 3.38. The zero-order valence-electron chi connectivity index (χ0n) is 12.1. The molecule has 0 heterocycles. The average Bonchev–Trinajstić information content (AvgIpc) is 2.42. The molecule has 0 aliphatic rings. The van der Waals surface area contributed by atoms with E-state index in [2.05, 4.69) is 30.1 Å². The zero-order chi connectivity index (χ0) is 13.9. The monoisotopic (exact) mass is 261 g/mol. The maximum atomic E-state index is 5.75. The molecule has 1 aromatic rings. The number of benzene rings is 1. The smallest absolute Gasteiger partial charge is 0.167 e. The Labute approximate surface area is 116 Å². The quantitative estimate of drug-likeness (QED) is 0.576. The van der Waals surface area contributed by atoms with Crippen molar-refractivity contribution in [1.82, 2.24) is 5.32 Å². The van der Waals surface area contributed by atoms with Crippen LogP contribution < -0.4 is 14.8 Å². The van der Waals surface area contributed by atoms with Crippen molar-refractivity contribution in [2.45, 2.75) is 33.7 Å². The Morgan fingerprint density at radius 2 is 2.05 bits per heavy atom. The predicted octanol–water partition coefficient (Wildman–Crippen LogP) is 2.99. The highest BCUT2D eigenvalue weighted by Crippen LogP contribution is 2.31. The van der Waals surface area contributed by atoms with Crippen LogP contribution in [0.25, 0.3) is 0 Å². The number of hydrogen-bond acceptors (Lipinski definition) is 3. The van der Waals surface area contributed by atoms with Gasteiger partial charge < -0.3 is 14.8 Å². The lowest BCUT2D eigenvalue weighted by molar-refractivity contribution is 0.296. The largest absolute Gasteiger partial charge is 0.490 e. The lowest BCUT2D eigenvalue weighted by Gasteiger charge is -2.15. The lowest BCUT2D eigenvalue weighted by Crippen LogP contribution is -2.15. The second kappa shape index (κ2) is 9.29. The Bertz CT molecular complexity index is 432. The Hall–Kier alpha value is -1.66. The van der Waals surface area contributed by atoms with Gasteiger partial charge in [0.1, 0.15) is 6.61 Å². The third-order valence-corrected chi connectivity index (χ3v) is 2.57. The highest BCUT2D eigenvalue weighted by molar-refractivity contribution is 5.46. The van der Waals surface area contributed by atoms with Crippen molar-refractivity contribution in [1.29, 1.82) is 0 Å². The third-order valence-electron chi connectivity index (χ3n) is 2.57. The minimum atomic E-state index is 0.390. The first-order valence-corrected chi connectivity index (χ1v) is 6.81. The van der Waals surface area contributed by atoms with E-state index in [9.17, 15) is 0 Å². The van der Waals surface area contributed by atoms with E-state index < -0.39 is 0 Å². The molecule has 1 rings (SSSR count). The van der Waals surface area contributed by atoms with Crippen LogP contribution in [-0.2, 0) is 6.54 Å². The van der Waals surface area contributed by atoms with E-state index >= 15 is 0 Å². The fourth-order valence-electron chi connectivity index (χ4n) is 1.71. The van der Waals surface area contributed by atoms with Crippen LogP contribution in [0.1, 0.15) is 32.8 Å². The molecule has 3 nitrogen and oxygen atoms in total. The molecule has 0 aromatic heterocycles. The van der Waals surface area contributed by atoms with Gasteiger partial charge in [-0.05, 0) is 32.9 Å². The highest BCUT2D eigenvalue weighted by Gasteiger charge is 2.10. The van der Waals surface area contributed by atoms with E-state index in [1.54, 1.807) is 0 Å². The Morgan fingerprint density at radius 3 is 2.74 bits per heavy atom. The molecule has 3 heteroatoms. The van der Waals surface area contributed by atoms with Gasteiger partial charge in [-0.1, -0.05) is 25.0 Å². The average molecular weight is 261 g/mol. The van der Waals surface area contributed by atoms with Gasteiger partial charge >= 0.3 is 0 Å². The van der Waals surface area contributed by atoms with Gasteiger partial charge in [0.25, 0.3) is 0 Å². The summed E-state index contributed by atoms with van der Waals surface area (Å²) in [6.07, 6.45) is 1.11. The van der Waals surface area contributed by atoms with Gasteiger partial charge in [-0.15, -0.1) is 5.92 Å². The van der Waals surface area contributed by atoms with Crippen molar-refractivity contribution in [3.05, 3.63) is 23.8 Å². The molecule has 0 aliphatic carbocycles. The molecule has 104 valence electrons. The zero-order valence-corrected chi connectivity index (χ0v) is 12.1. The number of ether oxygens (including phenoxy) is 2. The summed E-state index contributed by atoms with van der Waals surface area (Å²) >= 11 is 0. The minimum absolute atomic E-state index is 0.390. The van der Waals surface area contributed by atoms with Crippen LogP contribution >= 0.6 is 0 Å². The Morgan fingerprint density at radius 1 is 1.21 bits per heavy atom. The molecule has 0 unspecified atom stereocenters. The topological polar surface area (TPSA) is 30.5 Å². The molecule has 1 N–H and O–H groups in total. The summed E-state index contributed by atoms with van der Waals surface area (Å²) in [5.41, 5.74) is 1.11. The van der Waals surface area contributed by atoms with Crippen LogP contribution in [0.2, 0.25) is 0 Å². The van der Waals surface area contributed by atoms with Gasteiger partial charge in [-0.25, -0.2) is 0 Å². The van der Waals surface area contributed by atoms with Gasteiger partial charge in [0.2, 0.25) is 0 Å². The highest BCUT2D eigenvalue weighted by atomic mass is 16.5. The number of para-hydroxylation sites is 1. The van der Waals surface area contributed by atoms with Crippen molar-refractivity contribution in [2.75, 3.05) is 19.8 Å². The first-order valence-electron chi connectivity index (χ1n) is 6.81. The summed E-state index contributed by atoms with van der Waals surface area (Å²) in [7, 11) is 0. The summed E-state index contributed by atoms with van der Waals surface area (Å²) in [6, 6.07) is 5.98. The maximum absolute atomic E-state index is 5.75. The summed E-state index contributed by atoms with van der Waals surface area (Å²) < 4.78 is 11.4. The van der Waals surface area contributed by atoms with E-state index in [1.165, 1.54) is 0 Å². The van der Waals surface area contributed by atoms with E-state index in [4.69, 9.17) is 9.47 Å². The molecule has 0 bridgehead atoms. The van der Waals surface area contributed by atoms with Gasteiger partial charge in [-0.3, -0.25) is 0 Å². The van der Waals surface area contributed by atoms with Gasteiger partial charge in [-0.2, -0.15) is 0 Å². The van der Waals surface area contributed by atoms with Crippen LogP contribution in [0.3, 0.4) is 0 Å². The molecule has 0 radical (unpaired) electrons. The summed E-state index contributed by atoms with van der Waals surface area (Å²) in [5.74, 6) is 7.33. The fraction of sp³-hybridized carbons (Fsp3) is 0.500. The summed E-state index contributed by atoms with van der Waals surface area (Å²) in [4.78, 5) is 0. The first kappa shape index (κ1) is 15.4. The van der Waals surface area contributed by atoms with E-state index in [0.29, 0.717) is 13.2 Å². The summed E-state index contributed by atoms with van der Waals surface area (Å²) in [6.45, 7) is 8.72. The van der Waals surface area contributed by atoms with Crippen LogP contribution in [0.5, 0.6) is 11.5 Å². The number of rotatable bonds is 8. The molecule has 0 amide bonds.